The topological polar surface area (TPSA) is 53.3 Å². The van der Waals surface area contributed by atoms with E-state index in [1.165, 1.54) is 5.56 Å². The van der Waals surface area contributed by atoms with E-state index < -0.39 is 8.07 Å². The molecule has 4 nitrogen and oxygen atoms in total. The molecule has 2 aromatic rings. The molecular weight excluding hydrogens is 412 g/mol. The van der Waals surface area contributed by atoms with E-state index in [2.05, 4.69) is 56.2 Å². The molecule has 0 aromatic heterocycles. The highest BCUT2D eigenvalue weighted by Gasteiger charge is 2.38. The zero-order valence-corrected chi connectivity index (χ0v) is 20.7. The van der Waals surface area contributed by atoms with E-state index in [9.17, 15) is 10.1 Å². The van der Waals surface area contributed by atoms with Crippen molar-refractivity contribution < 1.29 is 9.53 Å². The number of carbonyl (C=O) groups is 1. The highest BCUT2D eigenvalue weighted by molar-refractivity contribution is 6.84. The molecule has 0 saturated heterocycles. The fraction of sp³-hybridized carbons (Fsp3) is 0.407. The fourth-order valence-corrected chi connectivity index (χ4v) is 4.70. The summed E-state index contributed by atoms with van der Waals surface area (Å²) in [5.74, 6) is 3.72. The molecule has 0 spiro atoms. The smallest absolute Gasteiger partial charge is 0.298 e. The number of fused-ring (bicyclic) bond motifs is 1. The number of nitriles is 1. The standard InChI is InChI=1S/C27H32N2O2Si/c1-6-7-8-23-17-22-18-24(31-2)13-14-25(22)27(21-11-9-20(19-28)10-12-21)29(23)26(30)15-16-32(3,4)5/h9-14,18,23,27H,6-8,17H2,1-5H3/t23-,27-/m0/s1. The van der Waals surface area contributed by atoms with E-state index >= 15 is 0 Å². The monoisotopic (exact) mass is 444 g/mol. The average Bonchev–Trinajstić information content (AvgIpc) is 2.79. The van der Waals surface area contributed by atoms with Crippen molar-refractivity contribution in [2.24, 2.45) is 0 Å². The van der Waals surface area contributed by atoms with Gasteiger partial charge in [-0.05, 0) is 59.7 Å². The predicted molar refractivity (Wildman–Crippen MR) is 131 cm³/mol. The number of nitrogens with zero attached hydrogens (tertiary/aromatic N) is 2. The summed E-state index contributed by atoms with van der Waals surface area (Å²) in [5.41, 5.74) is 7.19. The quantitative estimate of drug-likeness (QED) is 0.453. The fourth-order valence-electron chi connectivity index (χ4n) is 4.22. The third-order valence-electron chi connectivity index (χ3n) is 5.80. The van der Waals surface area contributed by atoms with Gasteiger partial charge in [0.25, 0.3) is 5.91 Å². The van der Waals surface area contributed by atoms with Gasteiger partial charge in [0.2, 0.25) is 0 Å². The average molecular weight is 445 g/mol. The van der Waals surface area contributed by atoms with Crippen LogP contribution in [-0.4, -0.2) is 32.0 Å². The van der Waals surface area contributed by atoms with Gasteiger partial charge in [-0.1, -0.05) is 57.6 Å². The van der Waals surface area contributed by atoms with Crippen LogP contribution in [0.25, 0.3) is 0 Å². The lowest BCUT2D eigenvalue weighted by Gasteiger charge is -2.43. The lowest BCUT2D eigenvalue weighted by atomic mass is 9.83. The Hall–Kier alpha value is -3.02. The number of carbonyl (C=O) groups excluding carboxylic acids is 1. The summed E-state index contributed by atoms with van der Waals surface area (Å²) in [7, 11) is -0.0103. The van der Waals surface area contributed by atoms with Crippen molar-refractivity contribution in [2.45, 2.75) is 64.3 Å². The molecule has 0 fully saturated rings. The number of rotatable bonds is 5. The Kier molecular flexibility index (Phi) is 7.43. The van der Waals surface area contributed by atoms with Crippen molar-refractivity contribution in [3.8, 4) is 23.3 Å². The van der Waals surface area contributed by atoms with Crippen LogP contribution in [-0.2, 0) is 11.2 Å². The van der Waals surface area contributed by atoms with E-state index in [1.54, 1.807) is 7.11 Å². The van der Waals surface area contributed by atoms with Crippen molar-refractivity contribution in [3.63, 3.8) is 0 Å². The summed E-state index contributed by atoms with van der Waals surface area (Å²) < 4.78 is 5.48. The molecule has 0 unspecified atom stereocenters. The maximum atomic E-state index is 13.6. The third kappa shape index (κ3) is 5.42. The number of hydrogen-bond donors (Lipinski definition) is 0. The van der Waals surface area contributed by atoms with Crippen LogP contribution in [0, 0.1) is 22.8 Å². The molecule has 1 aliphatic rings. The molecule has 166 valence electrons. The first-order valence-electron chi connectivity index (χ1n) is 11.3. The Morgan fingerprint density at radius 1 is 1.19 bits per heavy atom. The third-order valence-corrected chi connectivity index (χ3v) is 6.67. The van der Waals surface area contributed by atoms with Crippen LogP contribution in [0.5, 0.6) is 5.75 Å². The van der Waals surface area contributed by atoms with Gasteiger partial charge in [-0.2, -0.15) is 5.26 Å². The molecule has 2 atom stereocenters. The maximum Gasteiger partial charge on any atom is 0.298 e. The summed E-state index contributed by atoms with van der Waals surface area (Å²) in [6.07, 6.45) is 3.85. The second kappa shape index (κ2) is 10.1. The second-order valence-corrected chi connectivity index (χ2v) is 14.2. The van der Waals surface area contributed by atoms with Crippen LogP contribution in [0.4, 0.5) is 0 Å². The molecule has 3 rings (SSSR count). The number of unbranched alkanes of at least 4 members (excludes halogenated alkanes) is 1. The van der Waals surface area contributed by atoms with Gasteiger partial charge >= 0.3 is 0 Å². The van der Waals surface area contributed by atoms with E-state index in [0.717, 1.165) is 42.6 Å². The number of hydrogen-bond acceptors (Lipinski definition) is 3. The Morgan fingerprint density at radius 2 is 1.91 bits per heavy atom. The van der Waals surface area contributed by atoms with Crippen molar-refractivity contribution in [1.29, 1.82) is 5.26 Å². The van der Waals surface area contributed by atoms with Crippen LogP contribution in [0.1, 0.15) is 54.5 Å². The second-order valence-electron chi connectivity index (χ2n) is 9.41. The minimum absolute atomic E-state index is 0.0682. The lowest BCUT2D eigenvalue weighted by molar-refractivity contribution is -0.130. The normalized spacial score (nSPS) is 17.6. The van der Waals surface area contributed by atoms with Crippen LogP contribution in [0.15, 0.2) is 42.5 Å². The van der Waals surface area contributed by atoms with Gasteiger partial charge < -0.3 is 9.64 Å². The Balaban J connectivity index is 2.16. The first kappa shape index (κ1) is 23.6. The van der Waals surface area contributed by atoms with Gasteiger partial charge in [0.1, 0.15) is 13.8 Å². The molecule has 0 bridgehead atoms. The number of amides is 1. The van der Waals surface area contributed by atoms with Gasteiger partial charge in [0.05, 0.1) is 24.8 Å². The Labute approximate surface area is 193 Å². The van der Waals surface area contributed by atoms with Crippen molar-refractivity contribution in [2.75, 3.05) is 7.11 Å². The van der Waals surface area contributed by atoms with Crippen LogP contribution in [0.2, 0.25) is 19.6 Å². The summed E-state index contributed by atoms with van der Waals surface area (Å²) >= 11 is 0. The number of ether oxygens (including phenoxy) is 1. The van der Waals surface area contributed by atoms with Crippen molar-refractivity contribution in [3.05, 3.63) is 64.7 Å². The van der Waals surface area contributed by atoms with E-state index in [1.807, 2.05) is 35.2 Å². The highest BCUT2D eigenvalue weighted by atomic mass is 28.3. The molecule has 1 aliphatic heterocycles. The van der Waals surface area contributed by atoms with Gasteiger partial charge in [-0.25, -0.2) is 0 Å². The maximum absolute atomic E-state index is 13.6. The molecule has 5 heteroatoms. The van der Waals surface area contributed by atoms with Gasteiger partial charge in [0.15, 0.2) is 0 Å². The molecule has 32 heavy (non-hydrogen) atoms. The molecule has 1 amide bonds. The first-order chi connectivity index (χ1) is 15.3. The van der Waals surface area contributed by atoms with Crippen molar-refractivity contribution >= 4 is 14.0 Å². The molecule has 0 N–H and O–H groups in total. The van der Waals surface area contributed by atoms with Gasteiger partial charge in [-0.15, -0.1) is 5.54 Å². The zero-order chi connectivity index (χ0) is 23.3. The molecule has 0 aliphatic carbocycles. The van der Waals surface area contributed by atoms with E-state index in [-0.39, 0.29) is 18.0 Å². The molecule has 0 saturated carbocycles. The molecular formula is C27H32N2O2Si. The van der Waals surface area contributed by atoms with Crippen LogP contribution in [0.3, 0.4) is 0 Å². The van der Waals surface area contributed by atoms with Gasteiger partial charge in [-0.3, -0.25) is 4.79 Å². The lowest BCUT2D eigenvalue weighted by Crippen LogP contribution is -2.47. The van der Waals surface area contributed by atoms with Crippen molar-refractivity contribution in [1.82, 2.24) is 4.90 Å². The summed E-state index contributed by atoms with van der Waals surface area (Å²) in [4.78, 5) is 15.6. The summed E-state index contributed by atoms with van der Waals surface area (Å²) in [6, 6.07) is 15.7. The van der Waals surface area contributed by atoms with E-state index in [4.69, 9.17) is 4.74 Å². The van der Waals surface area contributed by atoms with E-state index in [0.29, 0.717) is 5.56 Å². The first-order valence-corrected chi connectivity index (χ1v) is 14.8. The highest BCUT2D eigenvalue weighted by Crippen LogP contribution is 2.40. The Bertz CT molecular complexity index is 1070. The Morgan fingerprint density at radius 3 is 2.50 bits per heavy atom. The summed E-state index contributed by atoms with van der Waals surface area (Å²) in [6.45, 7) is 8.63. The molecule has 1 heterocycles. The minimum atomic E-state index is -1.69. The van der Waals surface area contributed by atoms with Crippen LogP contribution >= 0.6 is 0 Å². The van der Waals surface area contributed by atoms with Crippen LogP contribution < -0.4 is 4.74 Å². The van der Waals surface area contributed by atoms with Gasteiger partial charge in [0, 0.05) is 6.04 Å². The zero-order valence-electron chi connectivity index (χ0n) is 19.7. The molecule has 0 radical (unpaired) electrons. The minimum Gasteiger partial charge on any atom is -0.497 e. The largest absolute Gasteiger partial charge is 0.497 e. The predicted octanol–water partition coefficient (Wildman–Crippen LogP) is 5.48. The SMILES string of the molecule is CCCC[C@H]1Cc2cc(OC)ccc2[C@H](c2ccc(C#N)cc2)N1C(=O)C#C[Si](C)(C)C. The number of benzene rings is 2. The number of methoxy groups -OCH3 is 1. The summed E-state index contributed by atoms with van der Waals surface area (Å²) in [5, 5.41) is 9.24. The molecule has 2 aromatic carbocycles.